The highest BCUT2D eigenvalue weighted by molar-refractivity contribution is 7.14. The summed E-state index contributed by atoms with van der Waals surface area (Å²) in [5.41, 5.74) is 1.86. The molecule has 0 fully saturated rings. The first-order valence-electron chi connectivity index (χ1n) is 8.31. The van der Waals surface area contributed by atoms with Gasteiger partial charge in [-0.05, 0) is 30.3 Å². The van der Waals surface area contributed by atoms with Crippen LogP contribution in [0.4, 0.5) is 5.13 Å². The lowest BCUT2D eigenvalue weighted by Gasteiger charge is -2.10. The first-order valence-corrected chi connectivity index (χ1v) is 9.19. The van der Waals surface area contributed by atoms with Gasteiger partial charge in [-0.2, -0.15) is 0 Å². The molecule has 3 rings (SSSR count). The zero-order chi connectivity index (χ0) is 20.1. The summed E-state index contributed by atoms with van der Waals surface area (Å²) in [6.45, 7) is 0. The summed E-state index contributed by atoms with van der Waals surface area (Å²) < 4.78 is 21.1. The fourth-order valence-corrected chi connectivity index (χ4v) is 3.33. The summed E-state index contributed by atoms with van der Waals surface area (Å²) in [4.78, 5) is 17.2. The zero-order valence-corrected chi connectivity index (χ0v) is 16.8. The van der Waals surface area contributed by atoms with Gasteiger partial charge in [-0.25, -0.2) is 4.98 Å². The zero-order valence-electron chi connectivity index (χ0n) is 15.9. The number of benzene rings is 2. The molecule has 1 heterocycles. The van der Waals surface area contributed by atoms with Crippen LogP contribution in [0.15, 0.2) is 41.8 Å². The Kier molecular flexibility index (Phi) is 6.00. The Morgan fingerprint density at radius 2 is 1.57 bits per heavy atom. The Morgan fingerprint density at radius 1 is 0.893 bits per heavy atom. The average molecular weight is 400 g/mol. The third-order valence-electron chi connectivity index (χ3n) is 4.06. The Balaban J connectivity index is 1.85. The summed E-state index contributed by atoms with van der Waals surface area (Å²) in [5.74, 6) is 2.01. The fourth-order valence-electron chi connectivity index (χ4n) is 2.62. The van der Waals surface area contributed by atoms with Crippen LogP contribution in [0.5, 0.6) is 23.0 Å². The quantitative estimate of drug-likeness (QED) is 0.643. The van der Waals surface area contributed by atoms with Crippen molar-refractivity contribution in [2.45, 2.75) is 0 Å². The number of methoxy groups -OCH3 is 4. The van der Waals surface area contributed by atoms with Gasteiger partial charge in [0.1, 0.15) is 23.0 Å². The molecule has 1 aromatic heterocycles. The summed E-state index contributed by atoms with van der Waals surface area (Å²) >= 11 is 1.32. The molecule has 0 aliphatic rings. The lowest BCUT2D eigenvalue weighted by atomic mass is 10.1. The number of hydrogen-bond donors (Lipinski definition) is 1. The van der Waals surface area contributed by atoms with Gasteiger partial charge in [0.05, 0.1) is 39.7 Å². The molecule has 0 radical (unpaired) electrons. The van der Waals surface area contributed by atoms with E-state index >= 15 is 0 Å². The van der Waals surface area contributed by atoms with Crippen LogP contribution >= 0.6 is 11.3 Å². The minimum atomic E-state index is -0.335. The van der Waals surface area contributed by atoms with Gasteiger partial charge in [-0.15, -0.1) is 11.3 Å². The Labute approximate surface area is 166 Å². The number of anilines is 1. The molecular formula is C20H20N2O5S. The first-order chi connectivity index (χ1) is 13.6. The second-order valence-electron chi connectivity index (χ2n) is 5.62. The molecule has 1 amide bonds. The molecule has 146 valence electrons. The molecule has 8 heteroatoms. The standard InChI is InChI=1S/C20H20N2O5S/c1-24-12-6-8-17(26-3)15(9-12)19(23)22-20-21-16(11-28-20)14-7-5-13(25-2)10-18(14)27-4/h5-11H,1-4H3,(H,21,22,23). The highest BCUT2D eigenvalue weighted by Gasteiger charge is 2.17. The van der Waals surface area contributed by atoms with Crippen molar-refractivity contribution < 1.29 is 23.7 Å². The summed E-state index contributed by atoms with van der Waals surface area (Å²) in [6, 6.07) is 10.5. The fraction of sp³-hybridized carbons (Fsp3) is 0.200. The summed E-state index contributed by atoms with van der Waals surface area (Å²) in [5, 5.41) is 5.11. The molecular weight excluding hydrogens is 380 g/mol. The van der Waals surface area contributed by atoms with Gasteiger partial charge in [0.2, 0.25) is 0 Å². The molecule has 0 saturated carbocycles. The number of aromatic nitrogens is 1. The van der Waals surface area contributed by atoms with Crippen molar-refractivity contribution in [2.75, 3.05) is 33.8 Å². The van der Waals surface area contributed by atoms with Crippen LogP contribution in [-0.2, 0) is 0 Å². The van der Waals surface area contributed by atoms with E-state index in [4.69, 9.17) is 18.9 Å². The van der Waals surface area contributed by atoms with E-state index in [0.717, 1.165) is 5.56 Å². The van der Waals surface area contributed by atoms with Crippen molar-refractivity contribution in [2.24, 2.45) is 0 Å². The summed E-state index contributed by atoms with van der Waals surface area (Å²) in [6.07, 6.45) is 0. The molecule has 0 aliphatic heterocycles. The molecule has 0 aliphatic carbocycles. The number of nitrogens with one attached hydrogen (secondary N) is 1. The van der Waals surface area contributed by atoms with Crippen molar-refractivity contribution in [1.29, 1.82) is 0 Å². The first kappa shape index (κ1) is 19.5. The number of thiazole rings is 1. The molecule has 2 aromatic carbocycles. The van der Waals surface area contributed by atoms with E-state index in [-0.39, 0.29) is 5.91 Å². The van der Waals surface area contributed by atoms with Gasteiger partial charge in [0.25, 0.3) is 5.91 Å². The van der Waals surface area contributed by atoms with Crippen LogP contribution in [0, 0.1) is 0 Å². The number of amides is 1. The Hall–Kier alpha value is -3.26. The predicted molar refractivity (Wildman–Crippen MR) is 108 cm³/mol. The van der Waals surface area contributed by atoms with Gasteiger partial charge < -0.3 is 18.9 Å². The smallest absolute Gasteiger partial charge is 0.261 e. The maximum atomic E-state index is 12.7. The van der Waals surface area contributed by atoms with Crippen LogP contribution in [0.25, 0.3) is 11.3 Å². The predicted octanol–water partition coefficient (Wildman–Crippen LogP) is 4.10. The van der Waals surface area contributed by atoms with Gasteiger partial charge in [0, 0.05) is 17.0 Å². The van der Waals surface area contributed by atoms with Crippen LogP contribution in [0.2, 0.25) is 0 Å². The van der Waals surface area contributed by atoms with Crippen LogP contribution in [-0.4, -0.2) is 39.3 Å². The number of carbonyl (C=O) groups is 1. The second-order valence-corrected chi connectivity index (χ2v) is 6.48. The normalized spacial score (nSPS) is 10.3. The van der Waals surface area contributed by atoms with Crippen molar-refractivity contribution in [3.8, 4) is 34.3 Å². The van der Waals surface area contributed by atoms with Crippen molar-refractivity contribution in [3.63, 3.8) is 0 Å². The van der Waals surface area contributed by atoms with Crippen molar-refractivity contribution in [1.82, 2.24) is 4.98 Å². The average Bonchev–Trinajstić information content (AvgIpc) is 3.20. The molecule has 7 nitrogen and oxygen atoms in total. The van der Waals surface area contributed by atoms with Gasteiger partial charge >= 0.3 is 0 Å². The highest BCUT2D eigenvalue weighted by Crippen LogP contribution is 2.35. The van der Waals surface area contributed by atoms with E-state index < -0.39 is 0 Å². The van der Waals surface area contributed by atoms with E-state index in [1.165, 1.54) is 18.4 Å². The molecule has 0 bridgehead atoms. The second kappa shape index (κ2) is 8.62. The van der Waals surface area contributed by atoms with Crippen LogP contribution < -0.4 is 24.3 Å². The van der Waals surface area contributed by atoms with Crippen molar-refractivity contribution >= 4 is 22.4 Å². The third-order valence-corrected chi connectivity index (χ3v) is 4.82. The number of ether oxygens (including phenoxy) is 4. The van der Waals surface area contributed by atoms with E-state index in [2.05, 4.69) is 10.3 Å². The third kappa shape index (κ3) is 4.01. The SMILES string of the molecule is COc1ccc(-c2csc(NC(=O)c3cc(OC)ccc3OC)n2)c(OC)c1. The number of rotatable bonds is 7. The lowest BCUT2D eigenvalue weighted by molar-refractivity contribution is 0.102. The topological polar surface area (TPSA) is 78.9 Å². The maximum Gasteiger partial charge on any atom is 0.261 e. The molecule has 0 spiro atoms. The molecule has 3 aromatic rings. The molecule has 0 saturated heterocycles. The Morgan fingerprint density at radius 3 is 2.25 bits per heavy atom. The number of hydrogen-bond acceptors (Lipinski definition) is 7. The molecule has 1 N–H and O–H groups in total. The summed E-state index contributed by atoms with van der Waals surface area (Å²) in [7, 11) is 6.23. The number of nitrogens with zero attached hydrogens (tertiary/aromatic N) is 1. The van der Waals surface area contributed by atoms with Gasteiger partial charge in [0.15, 0.2) is 5.13 Å². The Bertz CT molecular complexity index is 986. The van der Waals surface area contributed by atoms with E-state index in [0.29, 0.717) is 39.4 Å². The van der Waals surface area contributed by atoms with E-state index in [1.807, 2.05) is 17.5 Å². The molecule has 0 atom stereocenters. The van der Waals surface area contributed by atoms with Gasteiger partial charge in [-0.3, -0.25) is 10.1 Å². The van der Waals surface area contributed by atoms with Gasteiger partial charge in [-0.1, -0.05) is 0 Å². The molecule has 0 unspecified atom stereocenters. The minimum Gasteiger partial charge on any atom is -0.497 e. The van der Waals surface area contributed by atoms with Crippen LogP contribution in [0.1, 0.15) is 10.4 Å². The minimum absolute atomic E-state index is 0.335. The number of carbonyl (C=O) groups excluding carboxylic acids is 1. The largest absolute Gasteiger partial charge is 0.497 e. The molecule has 28 heavy (non-hydrogen) atoms. The van der Waals surface area contributed by atoms with Crippen molar-refractivity contribution in [3.05, 3.63) is 47.3 Å². The highest BCUT2D eigenvalue weighted by atomic mass is 32.1. The van der Waals surface area contributed by atoms with E-state index in [1.54, 1.807) is 45.6 Å². The van der Waals surface area contributed by atoms with Crippen LogP contribution in [0.3, 0.4) is 0 Å². The lowest BCUT2D eigenvalue weighted by Crippen LogP contribution is -2.13. The maximum absolute atomic E-state index is 12.7. The van der Waals surface area contributed by atoms with E-state index in [9.17, 15) is 4.79 Å². The monoisotopic (exact) mass is 400 g/mol.